The fourth-order valence-corrected chi connectivity index (χ4v) is 2.48. The summed E-state index contributed by atoms with van der Waals surface area (Å²) in [4.78, 5) is 12.8. The zero-order chi connectivity index (χ0) is 14.8. The number of benzene rings is 1. The van der Waals surface area contributed by atoms with Crippen LogP contribution < -0.4 is 10.6 Å². The first-order chi connectivity index (χ1) is 9.61. The van der Waals surface area contributed by atoms with E-state index in [-0.39, 0.29) is 5.91 Å². The van der Waals surface area contributed by atoms with E-state index in [1.165, 1.54) is 5.56 Å². The van der Waals surface area contributed by atoms with Crippen molar-refractivity contribution in [1.29, 1.82) is 0 Å². The van der Waals surface area contributed by atoms with Gasteiger partial charge >= 0.3 is 0 Å². The van der Waals surface area contributed by atoms with E-state index in [2.05, 4.69) is 55.7 Å². The van der Waals surface area contributed by atoms with Crippen molar-refractivity contribution in [3.63, 3.8) is 0 Å². The second-order valence-electron chi connectivity index (χ2n) is 5.31. The molecule has 112 valence electrons. The Morgan fingerprint density at radius 2 is 2.15 bits per heavy atom. The summed E-state index contributed by atoms with van der Waals surface area (Å²) in [5, 5.41) is 6.32. The van der Waals surface area contributed by atoms with Crippen molar-refractivity contribution < 1.29 is 4.79 Å². The number of nitrogens with one attached hydrogen (secondary N) is 2. The third-order valence-electron chi connectivity index (χ3n) is 2.73. The minimum Gasteiger partial charge on any atom is -0.355 e. The quantitative estimate of drug-likeness (QED) is 0.543. The normalized spacial score (nSPS) is 10.8. The van der Waals surface area contributed by atoms with Crippen LogP contribution in [0.5, 0.6) is 0 Å². The van der Waals surface area contributed by atoms with Gasteiger partial charge < -0.3 is 10.6 Å². The number of carbonyl (C=O) groups excluding carboxylic acids is 1. The average molecular weight is 294 g/mol. The third-order valence-corrected chi connectivity index (χ3v) is 3.73. The molecule has 0 fully saturated rings. The standard InChI is InChI=1S/C16H26N2OS/c1-4-8-17-11-14-6-5-7-15(9-14)20-12-16(19)18-10-13(2)3/h5-7,9,13,17H,4,8,10-12H2,1-3H3,(H,18,19). The molecule has 0 aromatic heterocycles. The van der Waals surface area contributed by atoms with Gasteiger partial charge in [0.1, 0.15) is 0 Å². The number of carbonyl (C=O) groups is 1. The van der Waals surface area contributed by atoms with Crippen LogP contribution in [0.1, 0.15) is 32.8 Å². The monoisotopic (exact) mass is 294 g/mol. The smallest absolute Gasteiger partial charge is 0.230 e. The van der Waals surface area contributed by atoms with Gasteiger partial charge in [0.25, 0.3) is 0 Å². The van der Waals surface area contributed by atoms with Crippen molar-refractivity contribution in [2.24, 2.45) is 5.92 Å². The lowest BCUT2D eigenvalue weighted by atomic mass is 10.2. The van der Waals surface area contributed by atoms with Crippen molar-refractivity contribution >= 4 is 17.7 Å². The number of thioether (sulfide) groups is 1. The van der Waals surface area contributed by atoms with Crippen LogP contribution in [0.2, 0.25) is 0 Å². The summed E-state index contributed by atoms with van der Waals surface area (Å²) >= 11 is 1.59. The highest BCUT2D eigenvalue weighted by Gasteiger charge is 2.04. The average Bonchev–Trinajstić information content (AvgIpc) is 2.43. The summed E-state index contributed by atoms with van der Waals surface area (Å²) in [5.41, 5.74) is 1.27. The van der Waals surface area contributed by atoms with Crippen LogP contribution in [0.3, 0.4) is 0 Å². The molecule has 0 saturated heterocycles. The van der Waals surface area contributed by atoms with Gasteiger partial charge in [-0.15, -0.1) is 11.8 Å². The minimum absolute atomic E-state index is 0.109. The molecular formula is C16H26N2OS. The van der Waals surface area contributed by atoms with E-state index < -0.39 is 0 Å². The maximum Gasteiger partial charge on any atom is 0.230 e. The molecule has 0 aliphatic carbocycles. The fraction of sp³-hybridized carbons (Fsp3) is 0.562. The topological polar surface area (TPSA) is 41.1 Å². The summed E-state index contributed by atoms with van der Waals surface area (Å²) in [5.74, 6) is 1.09. The number of amides is 1. The van der Waals surface area contributed by atoms with Gasteiger partial charge in [0.15, 0.2) is 0 Å². The Morgan fingerprint density at radius 3 is 2.85 bits per heavy atom. The molecule has 0 aliphatic rings. The second kappa shape index (κ2) is 9.83. The Balaban J connectivity index is 2.36. The molecule has 1 rings (SSSR count). The zero-order valence-electron chi connectivity index (χ0n) is 12.7. The molecule has 0 unspecified atom stereocenters. The highest BCUT2D eigenvalue weighted by molar-refractivity contribution is 8.00. The Morgan fingerprint density at radius 1 is 1.35 bits per heavy atom. The second-order valence-corrected chi connectivity index (χ2v) is 6.36. The van der Waals surface area contributed by atoms with E-state index in [1.54, 1.807) is 11.8 Å². The lowest BCUT2D eigenvalue weighted by Crippen LogP contribution is -2.28. The molecule has 3 nitrogen and oxygen atoms in total. The summed E-state index contributed by atoms with van der Waals surface area (Å²) in [6, 6.07) is 8.38. The highest BCUT2D eigenvalue weighted by atomic mass is 32.2. The van der Waals surface area contributed by atoms with Gasteiger partial charge in [0.2, 0.25) is 5.91 Å². The van der Waals surface area contributed by atoms with Crippen LogP contribution in [0.25, 0.3) is 0 Å². The maximum absolute atomic E-state index is 11.7. The van der Waals surface area contributed by atoms with E-state index in [0.29, 0.717) is 11.7 Å². The molecule has 0 radical (unpaired) electrons. The molecule has 1 amide bonds. The van der Waals surface area contributed by atoms with Crippen LogP contribution in [-0.4, -0.2) is 24.7 Å². The maximum atomic E-state index is 11.7. The molecule has 20 heavy (non-hydrogen) atoms. The molecular weight excluding hydrogens is 268 g/mol. The van der Waals surface area contributed by atoms with Crippen LogP contribution in [0.4, 0.5) is 0 Å². The first kappa shape index (κ1) is 17.1. The largest absolute Gasteiger partial charge is 0.355 e. The lowest BCUT2D eigenvalue weighted by Gasteiger charge is -2.08. The Bertz CT molecular complexity index is 407. The Labute approximate surface area is 126 Å². The van der Waals surface area contributed by atoms with E-state index in [0.717, 1.165) is 31.0 Å². The molecule has 0 bridgehead atoms. The van der Waals surface area contributed by atoms with Crippen molar-refractivity contribution in [2.45, 2.75) is 38.6 Å². The highest BCUT2D eigenvalue weighted by Crippen LogP contribution is 2.18. The molecule has 0 spiro atoms. The summed E-state index contributed by atoms with van der Waals surface area (Å²) in [6.07, 6.45) is 1.14. The predicted octanol–water partition coefficient (Wildman–Crippen LogP) is 3.05. The van der Waals surface area contributed by atoms with Crippen LogP contribution in [-0.2, 0) is 11.3 Å². The lowest BCUT2D eigenvalue weighted by molar-refractivity contribution is -0.118. The van der Waals surface area contributed by atoms with Gasteiger partial charge in [-0.3, -0.25) is 4.79 Å². The molecule has 0 heterocycles. The number of rotatable bonds is 9. The molecule has 0 aliphatic heterocycles. The number of hydrogen-bond acceptors (Lipinski definition) is 3. The SMILES string of the molecule is CCCNCc1cccc(SCC(=O)NCC(C)C)c1. The first-order valence-corrected chi connectivity index (χ1v) is 8.29. The van der Waals surface area contributed by atoms with Gasteiger partial charge in [-0.25, -0.2) is 0 Å². The zero-order valence-corrected chi connectivity index (χ0v) is 13.6. The van der Waals surface area contributed by atoms with Gasteiger partial charge in [-0.05, 0) is 36.6 Å². The summed E-state index contributed by atoms with van der Waals surface area (Å²) in [6.45, 7) is 9.03. The third kappa shape index (κ3) is 7.56. The van der Waals surface area contributed by atoms with Crippen LogP contribution in [0.15, 0.2) is 29.2 Å². The van der Waals surface area contributed by atoms with Gasteiger partial charge in [0, 0.05) is 18.0 Å². The van der Waals surface area contributed by atoms with E-state index in [9.17, 15) is 4.79 Å². The Kier molecular flexibility index (Phi) is 8.38. The van der Waals surface area contributed by atoms with Crippen molar-refractivity contribution in [3.05, 3.63) is 29.8 Å². The van der Waals surface area contributed by atoms with Crippen molar-refractivity contribution in [1.82, 2.24) is 10.6 Å². The molecule has 0 atom stereocenters. The Hall–Kier alpha value is -1.00. The van der Waals surface area contributed by atoms with E-state index in [1.807, 2.05) is 0 Å². The molecule has 4 heteroatoms. The molecule has 1 aromatic carbocycles. The molecule has 0 saturated carbocycles. The van der Waals surface area contributed by atoms with Crippen LogP contribution in [0, 0.1) is 5.92 Å². The van der Waals surface area contributed by atoms with E-state index >= 15 is 0 Å². The van der Waals surface area contributed by atoms with Gasteiger partial charge in [-0.2, -0.15) is 0 Å². The fourth-order valence-electron chi connectivity index (χ4n) is 1.67. The van der Waals surface area contributed by atoms with Crippen LogP contribution >= 0.6 is 11.8 Å². The van der Waals surface area contributed by atoms with E-state index in [4.69, 9.17) is 0 Å². The molecule has 1 aromatic rings. The summed E-state index contributed by atoms with van der Waals surface area (Å²) < 4.78 is 0. The summed E-state index contributed by atoms with van der Waals surface area (Å²) in [7, 11) is 0. The molecule has 2 N–H and O–H groups in total. The first-order valence-electron chi connectivity index (χ1n) is 7.31. The predicted molar refractivity (Wildman–Crippen MR) is 87.0 cm³/mol. The van der Waals surface area contributed by atoms with Crippen molar-refractivity contribution in [2.75, 3.05) is 18.8 Å². The number of hydrogen-bond donors (Lipinski definition) is 2. The minimum atomic E-state index is 0.109. The van der Waals surface area contributed by atoms with Crippen molar-refractivity contribution in [3.8, 4) is 0 Å². The van der Waals surface area contributed by atoms with Gasteiger partial charge in [-0.1, -0.05) is 32.9 Å². The van der Waals surface area contributed by atoms with Gasteiger partial charge in [0.05, 0.1) is 5.75 Å².